The number of carbonyl (C=O) groups is 1. The summed E-state index contributed by atoms with van der Waals surface area (Å²) in [5.41, 5.74) is 7.06. The summed E-state index contributed by atoms with van der Waals surface area (Å²) in [4.78, 5) is 15.1. The Balaban J connectivity index is 2.50. The molecule has 1 heterocycles. The monoisotopic (exact) mass is 266 g/mol. The van der Waals surface area contributed by atoms with Crippen LogP contribution in [0.3, 0.4) is 0 Å². The van der Waals surface area contributed by atoms with Gasteiger partial charge in [0.25, 0.3) is 5.91 Å². The van der Waals surface area contributed by atoms with Gasteiger partial charge in [0, 0.05) is 16.8 Å². The van der Waals surface area contributed by atoms with Crippen LogP contribution in [0.2, 0.25) is 10.2 Å². The predicted octanol–water partition coefficient (Wildman–Crippen LogP) is 3.15. The van der Waals surface area contributed by atoms with Gasteiger partial charge in [-0.05, 0) is 23.8 Å². The Kier molecular flexibility index (Phi) is 3.31. The molecule has 0 spiro atoms. The number of rotatable bonds is 2. The minimum atomic E-state index is -0.599. The van der Waals surface area contributed by atoms with Crippen LogP contribution in [0, 0.1) is 0 Å². The number of aromatic nitrogens is 1. The smallest absolute Gasteiger partial charge is 0.251 e. The van der Waals surface area contributed by atoms with E-state index >= 15 is 0 Å². The molecule has 0 atom stereocenters. The summed E-state index contributed by atoms with van der Waals surface area (Å²) >= 11 is 11.6. The third-order valence-electron chi connectivity index (χ3n) is 2.28. The fourth-order valence-corrected chi connectivity index (χ4v) is 1.74. The Morgan fingerprint density at radius 1 is 1.12 bits per heavy atom. The van der Waals surface area contributed by atoms with Crippen molar-refractivity contribution in [1.29, 1.82) is 0 Å². The molecule has 0 aliphatic heterocycles. The molecule has 0 aliphatic carbocycles. The van der Waals surface area contributed by atoms with Crippen LogP contribution in [0.25, 0.3) is 11.1 Å². The first-order chi connectivity index (χ1) is 8.08. The topological polar surface area (TPSA) is 56.0 Å². The lowest BCUT2D eigenvalue weighted by atomic mass is 10.1. The first-order valence-electron chi connectivity index (χ1n) is 4.79. The number of carbonyl (C=O) groups excluding carboxylic acids is 1. The van der Waals surface area contributed by atoms with Gasteiger partial charge in [0.1, 0.15) is 5.15 Å². The second kappa shape index (κ2) is 4.73. The van der Waals surface area contributed by atoms with Gasteiger partial charge >= 0.3 is 0 Å². The van der Waals surface area contributed by atoms with Crippen LogP contribution in [0.5, 0.6) is 0 Å². The summed E-state index contributed by atoms with van der Waals surface area (Å²) in [5, 5.41) is 0.751. The first-order valence-corrected chi connectivity index (χ1v) is 5.55. The van der Waals surface area contributed by atoms with Gasteiger partial charge in [0.05, 0.1) is 5.56 Å². The molecular weight excluding hydrogens is 259 g/mol. The number of primary amides is 1. The molecule has 0 saturated heterocycles. The molecule has 0 fully saturated rings. The first kappa shape index (κ1) is 11.9. The Hall–Kier alpha value is -1.58. The van der Waals surface area contributed by atoms with Crippen molar-refractivity contribution in [2.45, 2.75) is 0 Å². The van der Waals surface area contributed by atoms with Crippen molar-refractivity contribution in [2.24, 2.45) is 5.73 Å². The van der Waals surface area contributed by atoms with Crippen LogP contribution in [0.15, 0.2) is 36.5 Å². The van der Waals surface area contributed by atoms with Gasteiger partial charge in [-0.3, -0.25) is 4.79 Å². The van der Waals surface area contributed by atoms with Crippen molar-refractivity contribution in [3.8, 4) is 11.1 Å². The minimum Gasteiger partial charge on any atom is -0.366 e. The quantitative estimate of drug-likeness (QED) is 0.849. The van der Waals surface area contributed by atoms with Crippen molar-refractivity contribution < 1.29 is 4.79 Å². The SMILES string of the molecule is NC(=O)c1cc(-c2ccc(Cl)cc2)cnc1Cl. The van der Waals surface area contributed by atoms with Crippen molar-refractivity contribution >= 4 is 29.1 Å². The molecule has 1 amide bonds. The molecule has 2 N–H and O–H groups in total. The maximum atomic E-state index is 11.1. The van der Waals surface area contributed by atoms with Crippen LogP contribution < -0.4 is 5.73 Å². The zero-order valence-electron chi connectivity index (χ0n) is 8.65. The lowest BCUT2D eigenvalue weighted by Gasteiger charge is -2.04. The summed E-state index contributed by atoms with van der Waals surface area (Å²) in [5.74, 6) is -0.599. The van der Waals surface area contributed by atoms with Gasteiger partial charge in [-0.25, -0.2) is 4.98 Å². The molecule has 0 bridgehead atoms. The fraction of sp³-hybridized carbons (Fsp3) is 0. The second-order valence-electron chi connectivity index (χ2n) is 3.43. The van der Waals surface area contributed by atoms with Crippen LogP contribution in [-0.2, 0) is 0 Å². The lowest BCUT2D eigenvalue weighted by Crippen LogP contribution is -2.12. The summed E-state index contributed by atoms with van der Waals surface area (Å²) in [6, 6.07) is 8.79. The van der Waals surface area contributed by atoms with E-state index in [1.807, 2.05) is 12.1 Å². The maximum absolute atomic E-state index is 11.1. The van der Waals surface area contributed by atoms with Gasteiger partial charge in [-0.1, -0.05) is 35.3 Å². The average Bonchev–Trinajstić information content (AvgIpc) is 2.30. The minimum absolute atomic E-state index is 0.107. The van der Waals surface area contributed by atoms with Crippen LogP contribution in [-0.4, -0.2) is 10.9 Å². The van der Waals surface area contributed by atoms with Gasteiger partial charge in [0.2, 0.25) is 0 Å². The molecule has 86 valence electrons. The number of halogens is 2. The number of pyridine rings is 1. The number of nitrogens with zero attached hydrogens (tertiary/aromatic N) is 1. The number of hydrogen-bond acceptors (Lipinski definition) is 2. The molecule has 2 rings (SSSR count). The second-order valence-corrected chi connectivity index (χ2v) is 4.23. The van der Waals surface area contributed by atoms with Gasteiger partial charge in [-0.2, -0.15) is 0 Å². The highest BCUT2D eigenvalue weighted by atomic mass is 35.5. The molecule has 2 aromatic rings. The summed E-state index contributed by atoms with van der Waals surface area (Å²) < 4.78 is 0. The van der Waals surface area contributed by atoms with Crippen molar-refractivity contribution in [3.05, 3.63) is 52.3 Å². The van der Waals surface area contributed by atoms with Crippen molar-refractivity contribution in [3.63, 3.8) is 0 Å². The average molecular weight is 267 g/mol. The zero-order chi connectivity index (χ0) is 12.4. The van der Waals surface area contributed by atoms with Crippen LogP contribution in [0.4, 0.5) is 0 Å². The van der Waals surface area contributed by atoms with Gasteiger partial charge in [0.15, 0.2) is 0 Å². The van der Waals surface area contributed by atoms with E-state index in [2.05, 4.69) is 4.98 Å². The Morgan fingerprint density at radius 2 is 1.76 bits per heavy atom. The van der Waals surface area contributed by atoms with E-state index in [1.165, 1.54) is 0 Å². The van der Waals surface area contributed by atoms with E-state index in [0.29, 0.717) is 5.02 Å². The molecular formula is C12H8Cl2N2O. The Bertz CT molecular complexity index is 567. The molecule has 17 heavy (non-hydrogen) atoms. The number of nitrogens with two attached hydrogens (primary N) is 1. The predicted molar refractivity (Wildman–Crippen MR) is 68.2 cm³/mol. The van der Waals surface area contributed by atoms with E-state index in [0.717, 1.165) is 11.1 Å². The summed E-state index contributed by atoms with van der Waals surface area (Å²) in [6.45, 7) is 0. The molecule has 0 aliphatic rings. The maximum Gasteiger partial charge on any atom is 0.251 e. The number of benzene rings is 1. The van der Waals surface area contributed by atoms with E-state index in [4.69, 9.17) is 28.9 Å². The highest BCUT2D eigenvalue weighted by Gasteiger charge is 2.09. The largest absolute Gasteiger partial charge is 0.366 e. The normalized spacial score (nSPS) is 10.2. The highest BCUT2D eigenvalue weighted by Crippen LogP contribution is 2.24. The Morgan fingerprint density at radius 3 is 2.35 bits per heavy atom. The van der Waals surface area contributed by atoms with Gasteiger partial charge in [-0.15, -0.1) is 0 Å². The summed E-state index contributed by atoms with van der Waals surface area (Å²) in [7, 11) is 0. The fourth-order valence-electron chi connectivity index (χ4n) is 1.42. The third-order valence-corrected chi connectivity index (χ3v) is 2.84. The third kappa shape index (κ3) is 2.57. The highest BCUT2D eigenvalue weighted by molar-refractivity contribution is 6.32. The molecule has 0 saturated carbocycles. The molecule has 3 nitrogen and oxygen atoms in total. The van der Waals surface area contributed by atoms with Crippen LogP contribution in [0.1, 0.15) is 10.4 Å². The number of hydrogen-bond donors (Lipinski definition) is 1. The zero-order valence-corrected chi connectivity index (χ0v) is 10.2. The molecule has 0 radical (unpaired) electrons. The standard InChI is InChI=1S/C12H8Cl2N2O/c13-9-3-1-7(2-4-9)8-5-10(12(15)17)11(14)16-6-8/h1-6H,(H2,15,17). The molecule has 1 aromatic heterocycles. The van der Waals surface area contributed by atoms with Crippen molar-refractivity contribution in [1.82, 2.24) is 4.98 Å². The van der Waals surface area contributed by atoms with E-state index in [1.54, 1.807) is 24.4 Å². The molecule has 5 heteroatoms. The number of amides is 1. The lowest BCUT2D eigenvalue weighted by molar-refractivity contribution is 0.1000. The van der Waals surface area contributed by atoms with Gasteiger partial charge < -0.3 is 5.73 Å². The van der Waals surface area contributed by atoms with E-state index in [9.17, 15) is 4.79 Å². The molecule has 1 aromatic carbocycles. The van der Waals surface area contributed by atoms with Crippen molar-refractivity contribution in [2.75, 3.05) is 0 Å². The van der Waals surface area contributed by atoms with E-state index in [-0.39, 0.29) is 10.7 Å². The summed E-state index contributed by atoms with van der Waals surface area (Å²) in [6.07, 6.45) is 1.58. The molecule has 0 unspecified atom stereocenters. The van der Waals surface area contributed by atoms with Crippen LogP contribution >= 0.6 is 23.2 Å². The van der Waals surface area contributed by atoms with E-state index < -0.39 is 5.91 Å². The Labute approximate surface area is 108 Å².